The molecule has 0 spiro atoms. The number of ketones is 1. The van der Waals surface area contributed by atoms with E-state index in [1.807, 2.05) is 30.7 Å². The van der Waals surface area contributed by atoms with E-state index >= 15 is 0 Å². The van der Waals surface area contributed by atoms with Crippen LogP contribution in [-0.4, -0.2) is 19.7 Å². The second-order valence-electron chi connectivity index (χ2n) is 12.1. The molecule has 0 N–H and O–H groups in total. The van der Waals surface area contributed by atoms with E-state index in [2.05, 4.69) is 126 Å². The van der Waals surface area contributed by atoms with Gasteiger partial charge in [0.05, 0.1) is 17.7 Å². The zero-order chi connectivity index (χ0) is 30.3. The molecule has 3 aromatic heterocycles. The van der Waals surface area contributed by atoms with Crippen molar-refractivity contribution in [1.82, 2.24) is 14.0 Å². The van der Waals surface area contributed by atoms with Gasteiger partial charge in [0.2, 0.25) is 0 Å². The van der Waals surface area contributed by atoms with E-state index < -0.39 is 11.0 Å². The third-order valence-corrected chi connectivity index (χ3v) is 9.86. The third kappa shape index (κ3) is 4.12. The lowest BCUT2D eigenvalue weighted by Gasteiger charge is -2.39. The number of carbonyl (C=O) groups is 1. The first-order valence-corrected chi connectivity index (χ1v) is 15.5. The fourth-order valence-electron chi connectivity index (χ4n) is 7.65. The maximum absolute atomic E-state index is 14.6. The quantitative estimate of drug-likeness (QED) is 0.135. The minimum Gasteiger partial charge on any atom is -0.316 e. The first kappa shape index (κ1) is 27.8. The number of fused-ring (bicyclic) bond motifs is 3. The Morgan fingerprint density at radius 2 is 1.41 bits per heavy atom. The minimum absolute atomic E-state index is 0.197. The van der Waals surface area contributed by atoms with Crippen LogP contribution in [0.3, 0.4) is 0 Å². The normalized spacial score (nSPS) is 16.6. The third-order valence-electron chi connectivity index (χ3n) is 9.86. The van der Waals surface area contributed by atoms with E-state index in [0.29, 0.717) is 12.8 Å². The van der Waals surface area contributed by atoms with Gasteiger partial charge in [-0.25, -0.2) is 4.98 Å². The zero-order valence-electron chi connectivity index (χ0n) is 25.4. The topological polar surface area (TPSA) is 39.3 Å². The Hall–Kier alpha value is -4.96. The molecule has 6 aromatic rings. The molecule has 4 nitrogen and oxygen atoms in total. The number of benzene rings is 3. The standard InChI is InChI=1S/C40H37N3O/c1-4-24-39(25-23-34-29(2)36-22-14-15-26-42(36)37(34)38(39)44)27-35-30(3)43(28-41-35)40(31-16-8-5-9-17-31,32-18-10-6-11-19-32)33-20-12-7-13-21-33/h4-22,26,28H,1,23-25,27H2,2-3H3. The highest BCUT2D eigenvalue weighted by Gasteiger charge is 2.46. The van der Waals surface area contributed by atoms with Crippen LogP contribution >= 0.6 is 0 Å². The highest BCUT2D eigenvalue weighted by atomic mass is 16.1. The number of carbonyl (C=O) groups excluding carboxylic acids is 1. The average molecular weight is 576 g/mol. The monoisotopic (exact) mass is 575 g/mol. The summed E-state index contributed by atoms with van der Waals surface area (Å²) in [6, 6.07) is 38.1. The number of nitrogens with zero attached hydrogens (tertiary/aromatic N) is 3. The highest BCUT2D eigenvalue weighted by molar-refractivity contribution is 6.03. The first-order valence-electron chi connectivity index (χ1n) is 15.5. The maximum Gasteiger partial charge on any atom is 0.186 e. The molecule has 44 heavy (non-hydrogen) atoms. The summed E-state index contributed by atoms with van der Waals surface area (Å²) in [5.41, 5.74) is 8.53. The molecule has 4 heteroatoms. The van der Waals surface area contributed by atoms with Crippen LogP contribution in [-0.2, 0) is 18.4 Å². The second-order valence-corrected chi connectivity index (χ2v) is 12.1. The number of hydrogen-bond acceptors (Lipinski definition) is 2. The molecule has 0 bridgehead atoms. The summed E-state index contributed by atoms with van der Waals surface area (Å²) in [6.07, 6.45) is 8.73. The Labute approximate surface area is 259 Å². The summed E-state index contributed by atoms with van der Waals surface area (Å²) in [6.45, 7) is 8.40. The lowest BCUT2D eigenvalue weighted by Crippen LogP contribution is -2.39. The fraction of sp³-hybridized carbons (Fsp3) is 0.200. The first-order chi connectivity index (χ1) is 21.5. The lowest BCUT2D eigenvalue weighted by atomic mass is 9.67. The summed E-state index contributed by atoms with van der Waals surface area (Å²) < 4.78 is 4.42. The molecule has 0 aliphatic heterocycles. The van der Waals surface area contributed by atoms with E-state index in [4.69, 9.17) is 4.98 Å². The largest absolute Gasteiger partial charge is 0.316 e. The average Bonchev–Trinajstić information content (AvgIpc) is 3.57. The van der Waals surface area contributed by atoms with Crippen molar-refractivity contribution in [3.8, 4) is 0 Å². The molecule has 1 atom stereocenters. The van der Waals surface area contributed by atoms with Gasteiger partial charge < -0.3 is 8.97 Å². The molecule has 1 unspecified atom stereocenters. The van der Waals surface area contributed by atoms with Crippen molar-refractivity contribution in [3.05, 3.63) is 179 Å². The summed E-state index contributed by atoms with van der Waals surface area (Å²) in [5, 5.41) is 0. The molecule has 3 aromatic carbocycles. The van der Waals surface area contributed by atoms with E-state index in [-0.39, 0.29) is 5.78 Å². The number of Topliss-reactive ketones (excluding diaryl/α,β-unsaturated/α-hetero) is 1. The Kier molecular flexibility index (Phi) is 6.93. The molecule has 0 radical (unpaired) electrons. The van der Waals surface area contributed by atoms with Gasteiger partial charge in [-0.05, 0) is 73.1 Å². The fourth-order valence-corrected chi connectivity index (χ4v) is 7.65. The number of allylic oxidation sites excluding steroid dienone is 1. The number of aromatic nitrogens is 3. The number of hydrogen-bond donors (Lipinski definition) is 0. The predicted octanol–water partition coefficient (Wildman–Crippen LogP) is 8.53. The van der Waals surface area contributed by atoms with Crippen LogP contribution in [0.2, 0.25) is 0 Å². The molecule has 0 fully saturated rings. The number of pyridine rings is 1. The van der Waals surface area contributed by atoms with Gasteiger partial charge in [-0.3, -0.25) is 4.79 Å². The van der Waals surface area contributed by atoms with Crippen molar-refractivity contribution in [2.75, 3.05) is 0 Å². The minimum atomic E-state index is -0.650. The zero-order valence-corrected chi connectivity index (χ0v) is 25.4. The van der Waals surface area contributed by atoms with Crippen molar-refractivity contribution in [3.63, 3.8) is 0 Å². The smallest absolute Gasteiger partial charge is 0.186 e. The highest BCUT2D eigenvalue weighted by Crippen LogP contribution is 2.46. The van der Waals surface area contributed by atoms with E-state index in [0.717, 1.165) is 52.1 Å². The van der Waals surface area contributed by atoms with E-state index in [1.54, 1.807) is 0 Å². The summed E-state index contributed by atoms with van der Waals surface area (Å²) in [4.78, 5) is 19.7. The van der Waals surface area contributed by atoms with Crippen molar-refractivity contribution in [2.24, 2.45) is 5.41 Å². The number of rotatable bonds is 8. The molecule has 7 rings (SSSR count). The van der Waals surface area contributed by atoms with Crippen molar-refractivity contribution in [1.29, 1.82) is 0 Å². The van der Waals surface area contributed by atoms with Gasteiger partial charge in [0.25, 0.3) is 0 Å². The van der Waals surface area contributed by atoms with Crippen LogP contribution < -0.4 is 0 Å². The van der Waals surface area contributed by atoms with Crippen LogP contribution in [0.25, 0.3) is 5.52 Å². The predicted molar refractivity (Wildman–Crippen MR) is 177 cm³/mol. The SMILES string of the molecule is C=CCC1(Cc2ncn(C(c3ccccc3)(c3ccccc3)c3ccccc3)c2C)CCc2c(C)c3ccccn3c2C1=O. The van der Waals surface area contributed by atoms with Gasteiger partial charge in [0.1, 0.15) is 5.54 Å². The van der Waals surface area contributed by atoms with Crippen molar-refractivity contribution >= 4 is 11.3 Å². The molecule has 0 amide bonds. The molecular weight excluding hydrogens is 538 g/mol. The van der Waals surface area contributed by atoms with Crippen LogP contribution in [0.15, 0.2) is 134 Å². The Morgan fingerprint density at radius 3 is 1.98 bits per heavy atom. The molecule has 0 saturated heterocycles. The lowest BCUT2D eigenvalue weighted by molar-refractivity contribution is 0.0749. The number of aryl methyl sites for hydroxylation is 1. The summed E-state index contributed by atoms with van der Waals surface area (Å²) >= 11 is 0. The van der Waals surface area contributed by atoms with Gasteiger partial charge in [0, 0.05) is 29.2 Å². The summed E-state index contributed by atoms with van der Waals surface area (Å²) in [7, 11) is 0. The molecule has 1 aliphatic rings. The van der Waals surface area contributed by atoms with Crippen LogP contribution in [0.4, 0.5) is 0 Å². The molecular formula is C40H37N3O. The van der Waals surface area contributed by atoms with Crippen LogP contribution in [0.1, 0.15) is 62.5 Å². The molecule has 1 aliphatic carbocycles. The van der Waals surface area contributed by atoms with Crippen molar-refractivity contribution in [2.45, 2.75) is 45.1 Å². The van der Waals surface area contributed by atoms with Gasteiger partial charge in [-0.2, -0.15) is 0 Å². The van der Waals surface area contributed by atoms with Gasteiger partial charge >= 0.3 is 0 Å². The Balaban J connectivity index is 1.40. The van der Waals surface area contributed by atoms with E-state index in [9.17, 15) is 4.79 Å². The van der Waals surface area contributed by atoms with Gasteiger partial charge in [-0.1, -0.05) is 103 Å². The Morgan fingerprint density at radius 1 is 0.841 bits per heavy atom. The summed E-state index contributed by atoms with van der Waals surface area (Å²) in [5.74, 6) is 0.197. The van der Waals surface area contributed by atoms with E-state index in [1.165, 1.54) is 11.1 Å². The van der Waals surface area contributed by atoms with Gasteiger partial charge in [0.15, 0.2) is 5.78 Å². The van der Waals surface area contributed by atoms with Crippen LogP contribution in [0.5, 0.6) is 0 Å². The molecule has 0 saturated carbocycles. The molecule has 218 valence electrons. The maximum atomic E-state index is 14.6. The van der Waals surface area contributed by atoms with Gasteiger partial charge in [-0.15, -0.1) is 6.58 Å². The van der Waals surface area contributed by atoms with Crippen LogP contribution in [0, 0.1) is 19.3 Å². The number of imidazole rings is 1. The second kappa shape index (κ2) is 10.9. The Bertz CT molecular complexity index is 1870. The van der Waals surface area contributed by atoms with Crippen molar-refractivity contribution < 1.29 is 4.79 Å². The molecule has 3 heterocycles.